The Hall–Kier alpha value is -1.48. The minimum Gasteiger partial charge on any atom is -0.481 e. The molecule has 1 N–H and O–H groups in total. The Kier molecular flexibility index (Phi) is 4.96. The van der Waals surface area contributed by atoms with Crippen molar-refractivity contribution in [3.63, 3.8) is 0 Å². The molecule has 0 bridgehead atoms. The van der Waals surface area contributed by atoms with Crippen LogP contribution in [0.5, 0.6) is 0 Å². The van der Waals surface area contributed by atoms with Gasteiger partial charge in [-0.1, -0.05) is 11.6 Å². The van der Waals surface area contributed by atoms with E-state index in [1.54, 1.807) is 16.3 Å². The number of hydrogen-bond acceptors (Lipinski definition) is 6. The molecule has 0 aromatic carbocycles. The second-order valence-electron chi connectivity index (χ2n) is 4.98. The predicted molar refractivity (Wildman–Crippen MR) is 88.3 cm³/mol. The van der Waals surface area contributed by atoms with Crippen molar-refractivity contribution in [1.29, 1.82) is 0 Å². The van der Waals surface area contributed by atoms with Crippen LogP contribution < -0.4 is 0 Å². The molecule has 0 saturated carbocycles. The molecule has 2 aromatic heterocycles. The predicted octanol–water partition coefficient (Wildman–Crippen LogP) is 2.84. The highest BCUT2D eigenvalue weighted by molar-refractivity contribution is 7.23. The standard InChI is InChI=1S/C14H13ClN2O4S2/c15-11-2-1-10(23-11)13-16-9(7-22-13)14(20)17-3-4-21-8(6-17)5-12(18)19/h1-2,7-8H,3-6H2,(H,18,19). The Bertz CT molecular complexity index is 730. The van der Waals surface area contributed by atoms with Gasteiger partial charge >= 0.3 is 5.97 Å². The lowest BCUT2D eigenvalue weighted by Crippen LogP contribution is -2.46. The zero-order chi connectivity index (χ0) is 16.4. The van der Waals surface area contributed by atoms with E-state index in [1.165, 1.54) is 22.7 Å². The minimum atomic E-state index is -0.935. The number of carbonyl (C=O) groups excluding carboxylic acids is 1. The highest BCUT2D eigenvalue weighted by Gasteiger charge is 2.28. The Labute approximate surface area is 145 Å². The van der Waals surface area contributed by atoms with Crippen LogP contribution in [0, 0.1) is 0 Å². The summed E-state index contributed by atoms with van der Waals surface area (Å²) in [6.07, 6.45) is -0.584. The molecule has 23 heavy (non-hydrogen) atoms. The number of halogens is 1. The van der Waals surface area contributed by atoms with Crippen LogP contribution in [0.1, 0.15) is 16.9 Å². The van der Waals surface area contributed by atoms with E-state index in [1.807, 2.05) is 6.07 Å². The summed E-state index contributed by atoms with van der Waals surface area (Å²) in [7, 11) is 0. The number of carboxylic acids is 1. The van der Waals surface area contributed by atoms with E-state index in [0.29, 0.717) is 23.2 Å². The molecule has 122 valence electrons. The molecule has 6 nitrogen and oxygen atoms in total. The van der Waals surface area contributed by atoms with Gasteiger partial charge in [-0.15, -0.1) is 22.7 Å². The molecule has 1 fully saturated rings. The monoisotopic (exact) mass is 372 g/mol. The fourth-order valence-corrected chi connectivity index (χ4v) is 4.21. The fraction of sp³-hybridized carbons (Fsp3) is 0.357. The van der Waals surface area contributed by atoms with Crippen molar-refractivity contribution in [2.75, 3.05) is 19.7 Å². The number of carbonyl (C=O) groups is 2. The number of ether oxygens (including phenoxy) is 1. The van der Waals surface area contributed by atoms with Crippen molar-refractivity contribution < 1.29 is 19.4 Å². The summed E-state index contributed by atoms with van der Waals surface area (Å²) in [5.41, 5.74) is 0.366. The van der Waals surface area contributed by atoms with E-state index < -0.39 is 12.1 Å². The molecule has 0 aliphatic carbocycles. The quantitative estimate of drug-likeness (QED) is 0.892. The van der Waals surface area contributed by atoms with Crippen molar-refractivity contribution in [2.24, 2.45) is 0 Å². The van der Waals surface area contributed by atoms with Gasteiger partial charge in [0.05, 0.1) is 28.3 Å². The van der Waals surface area contributed by atoms with Gasteiger partial charge in [0.2, 0.25) is 0 Å². The topological polar surface area (TPSA) is 79.7 Å². The van der Waals surface area contributed by atoms with E-state index in [-0.39, 0.29) is 18.9 Å². The molecule has 3 rings (SSSR count). The summed E-state index contributed by atoms with van der Waals surface area (Å²) in [6.45, 7) is 1.04. The van der Waals surface area contributed by atoms with Crippen molar-refractivity contribution >= 4 is 46.2 Å². The Morgan fingerprint density at radius 3 is 3.00 bits per heavy atom. The van der Waals surface area contributed by atoms with Gasteiger partial charge in [0.15, 0.2) is 0 Å². The molecule has 1 unspecified atom stereocenters. The average molecular weight is 373 g/mol. The molecule has 1 saturated heterocycles. The summed E-state index contributed by atoms with van der Waals surface area (Å²) < 4.78 is 6.05. The van der Waals surface area contributed by atoms with E-state index in [2.05, 4.69) is 4.98 Å². The third-order valence-corrected chi connectivity index (χ3v) is 5.58. The smallest absolute Gasteiger partial charge is 0.306 e. The van der Waals surface area contributed by atoms with Gasteiger partial charge in [-0.25, -0.2) is 4.98 Å². The molecule has 1 aliphatic rings. The lowest BCUT2D eigenvalue weighted by molar-refractivity contribution is -0.141. The zero-order valence-electron chi connectivity index (χ0n) is 11.9. The van der Waals surface area contributed by atoms with Crippen LogP contribution in [-0.2, 0) is 9.53 Å². The Balaban J connectivity index is 1.70. The van der Waals surface area contributed by atoms with E-state index >= 15 is 0 Å². The first-order chi connectivity index (χ1) is 11.0. The van der Waals surface area contributed by atoms with Crippen LogP contribution in [0.2, 0.25) is 4.34 Å². The Morgan fingerprint density at radius 1 is 1.48 bits per heavy atom. The normalized spacial score (nSPS) is 18.1. The SMILES string of the molecule is O=C(O)CC1CN(C(=O)c2csc(-c3ccc(Cl)s3)n2)CCO1. The minimum absolute atomic E-state index is 0.111. The van der Waals surface area contributed by atoms with E-state index in [4.69, 9.17) is 21.4 Å². The number of thiazole rings is 1. The van der Waals surface area contributed by atoms with E-state index in [9.17, 15) is 9.59 Å². The number of carboxylic acid groups (broad SMARTS) is 1. The molecule has 1 amide bonds. The van der Waals surface area contributed by atoms with Crippen molar-refractivity contribution in [1.82, 2.24) is 9.88 Å². The van der Waals surface area contributed by atoms with Crippen LogP contribution in [0.15, 0.2) is 17.5 Å². The van der Waals surface area contributed by atoms with Crippen molar-refractivity contribution in [3.8, 4) is 9.88 Å². The highest BCUT2D eigenvalue weighted by Crippen LogP contribution is 2.33. The van der Waals surface area contributed by atoms with Gasteiger partial charge in [-0.2, -0.15) is 0 Å². The molecular weight excluding hydrogens is 360 g/mol. The largest absolute Gasteiger partial charge is 0.481 e. The first-order valence-electron chi connectivity index (χ1n) is 6.87. The van der Waals surface area contributed by atoms with Crippen LogP contribution in [0.25, 0.3) is 9.88 Å². The number of aromatic nitrogens is 1. The molecular formula is C14H13ClN2O4S2. The summed E-state index contributed by atoms with van der Waals surface area (Å²) in [4.78, 5) is 30.2. The number of morpholine rings is 1. The van der Waals surface area contributed by atoms with Gasteiger partial charge in [-0.05, 0) is 12.1 Å². The lowest BCUT2D eigenvalue weighted by Gasteiger charge is -2.31. The summed E-state index contributed by atoms with van der Waals surface area (Å²) >= 11 is 8.72. The zero-order valence-corrected chi connectivity index (χ0v) is 14.3. The molecule has 1 atom stereocenters. The summed E-state index contributed by atoms with van der Waals surface area (Å²) in [6, 6.07) is 3.67. The van der Waals surface area contributed by atoms with E-state index in [0.717, 1.165) is 9.88 Å². The summed E-state index contributed by atoms with van der Waals surface area (Å²) in [5.74, 6) is -1.14. The van der Waals surface area contributed by atoms with Gasteiger partial charge in [-0.3, -0.25) is 9.59 Å². The number of amides is 1. The second-order valence-corrected chi connectivity index (χ2v) is 7.56. The Morgan fingerprint density at radius 2 is 2.30 bits per heavy atom. The molecule has 0 spiro atoms. The second kappa shape index (κ2) is 6.96. The van der Waals surface area contributed by atoms with Gasteiger partial charge in [0.1, 0.15) is 10.7 Å². The number of thiophene rings is 1. The maximum Gasteiger partial charge on any atom is 0.306 e. The summed E-state index contributed by atoms with van der Waals surface area (Å²) in [5, 5.41) is 11.3. The number of hydrogen-bond donors (Lipinski definition) is 1. The molecule has 3 heterocycles. The first kappa shape index (κ1) is 16.4. The fourth-order valence-electron chi connectivity index (χ4n) is 2.30. The number of rotatable bonds is 4. The maximum absolute atomic E-state index is 12.5. The van der Waals surface area contributed by atoms with Gasteiger partial charge in [0, 0.05) is 18.5 Å². The first-order valence-corrected chi connectivity index (χ1v) is 8.94. The lowest BCUT2D eigenvalue weighted by atomic mass is 10.2. The molecule has 1 aliphatic heterocycles. The van der Waals surface area contributed by atoms with Gasteiger partial charge < -0.3 is 14.7 Å². The highest BCUT2D eigenvalue weighted by atomic mass is 35.5. The van der Waals surface area contributed by atoms with Crippen LogP contribution in [0.3, 0.4) is 0 Å². The van der Waals surface area contributed by atoms with Crippen LogP contribution >= 0.6 is 34.3 Å². The molecule has 9 heteroatoms. The molecule has 0 radical (unpaired) electrons. The van der Waals surface area contributed by atoms with Crippen molar-refractivity contribution in [3.05, 3.63) is 27.5 Å². The third-order valence-electron chi connectivity index (χ3n) is 3.34. The number of aliphatic carboxylic acids is 1. The molecule has 2 aromatic rings. The third kappa shape index (κ3) is 3.89. The van der Waals surface area contributed by atoms with Crippen LogP contribution in [0.4, 0.5) is 0 Å². The maximum atomic E-state index is 12.5. The van der Waals surface area contributed by atoms with Crippen molar-refractivity contribution in [2.45, 2.75) is 12.5 Å². The van der Waals surface area contributed by atoms with Gasteiger partial charge in [0.25, 0.3) is 5.91 Å². The number of nitrogens with zero attached hydrogens (tertiary/aromatic N) is 2. The average Bonchev–Trinajstić information content (AvgIpc) is 3.15. The van der Waals surface area contributed by atoms with Crippen LogP contribution in [-0.4, -0.2) is 52.7 Å².